The van der Waals surface area contributed by atoms with E-state index in [0.29, 0.717) is 5.89 Å². The molecule has 0 N–H and O–H groups in total. The summed E-state index contributed by atoms with van der Waals surface area (Å²) in [7, 11) is 0. The quantitative estimate of drug-likeness (QED) is 0.228. The van der Waals surface area contributed by atoms with Crippen LogP contribution in [0.5, 0.6) is 0 Å². The molecule has 0 amide bonds. The van der Waals surface area contributed by atoms with Crippen LogP contribution in [0.4, 0.5) is 0 Å². The highest BCUT2D eigenvalue weighted by Gasteiger charge is 2.18. The predicted octanol–water partition coefficient (Wildman–Crippen LogP) is 9.08. The second kappa shape index (κ2) is 8.61. The lowest BCUT2D eigenvalue weighted by atomic mass is 9.98. The lowest BCUT2D eigenvalue weighted by molar-refractivity contribution is 0.620. The lowest BCUT2D eigenvalue weighted by Crippen LogP contribution is -1.92. The van der Waals surface area contributed by atoms with Gasteiger partial charge in [0.25, 0.3) is 0 Å². The van der Waals surface area contributed by atoms with Gasteiger partial charge >= 0.3 is 0 Å². The van der Waals surface area contributed by atoms with Crippen molar-refractivity contribution in [1.82, 2.24) is 15.0 Å². The highest BCUT2D eigenvalue weighted by Crippen LogP contribution is 2.38. The van der Waals surface area contributed by atoms with Crippen molar-refractivity contribution in [3.63, 3.8) is 0 Å². The molecule has 0 radical (unpaired) electrons. The highest BCUT2D eigenvalue weighted by atomic mass is 16.3. The summed E-state index contributed by atoms with van der Waals surface area (Å²) in [5, 5.41) is 5.51. The van der Waals surface area contributed by atoms with E-state index in [1.165, 1.54) is 10.8 Å². The Morgan fingerprint density at radius 1 is 0.538 bits per heavy atom. The highest BCUT2D eigenvalue weighted by molar-refractivity contribution is 6.20. The molecule has 3 aromatic heterocycles. The lowest BCUT2D eigenvalue weighted by Gasteiger charge is -2.11. The minimum atomic E-state index is 0.613. The summed E-state index contributed by atoms with van der Waals surface area (Å²) in [6.07, 6.45) is 1.93. The van der Waals surface area contributed by atoms with Gasteiger partial charge in [-0.05, 0) is 53.2 Å². The van der Waals surface area contributed by atoms with Crippen LogP contribution in [0.3, 0.4) is 0 Å². The Bertz CT molecular complexity index is 2160. The van der Waals surface area contributed by atoms with Crippen molar-refractivity contribution in [3.05, 3.63) is 128 Å². The summed E-state index contributed by atoms with van der Waals surface area (Å²) >= 11 is 0. The van der Waals surface area contributed by atoms with Crippen LogP contribution < -0.4 is 0 Å². The number of pyridine rings is 2. The van der Waals surface area contributed by atoms with Crippen LogP contribution in [-0.2, 0) is 0 Å². The van der Waals surface area contributed by atoms with E-state index in [4.69, 9.17) is 19.4 Å². The minimum Gasteiger partial charge on any atom is -0.436 e. The summed E-state index contributed by atoms with van der Waals surface area (Å²) in [5.74, 6) is 0.613. The zero-order valence-corrected chi connectivity index (χ0v) is 20.9. The molecule has 182 valence electrons. The van der Waals surface area contributed by atoms with Crippen LogP contribution in [-0.4, -0.2) is 15.0 Å². The third kappa shape index (κ3) is 3.50. The van der Waals surface area contributed by atoms with Crippen LogP contribution in [0.25, 0.3) is 77.5 Å². The van der Waals surface area contributed by atoms with Crippen molar-refractivity contribution in [3.8, 4) is 34.0 Å². The number of para-hydroxylation sites is 1. The van der Waals surface area contributed by atoms with Crippen molar-refractivity contribution in [2.75, 3.05) is 0 Å². The molecule has 39 heavy (non-hydrogen) atoms. The first-order chi connectivity index (χ1) is 19.3. The third-order valence-electron chi connectivity index (χ3n) is 7.34. The molecule has 0 aliphatic rings. The zero-order valence-electron chi connectivity index (χ0n) is 20.9. The second-order valence-corrected chi connectivity index (χ2v) is 9.66. The Kier molecular flexibility index (Phi) is 4.79. The van der Waals surface area contributed by atoms with Crippen molar-refractivity contribution in [1.29, 1.82) is 0 Å². The predicted molar refractivity (Wildman–Crippen MR) is 158 cm³/mol. The maximum absolute atomic E-state index is 6.21. The number of rotatable bonds is 3. The summed E-state index contributed by atoms with van der Waals surface area (Å²) in [5.41, 5.74) is 7.36. The first-order valence-electron chi connectivity index (χ1n) is 13.0. The van der Waals surface area contributed by atoms with Gasteiger partial charge in [0, 0.05) is 39.0 Å². The van der Waals surface area contributed by atoms with Gasteiger partial charge in [-0.1, -0.05) is 78.9 Å². The van der Waals surface area contributed by atoms with Gasteiger partial charge in [-0.3, -0.25) is 4.98 Å². The average Bonchev–Trinajstić information content (AvgIpc) is 3.46. The van der Waals surface area contributed by atoms with E-state index in [1.807, 2.05) is 60.8 Å². The number of aromatic nitrogens is 3. The Labute approximate surface area is 224 Å². The summed E-state index contributed by atoms with van der Waals surface area (Å²) in [6, 6.07) is 41.3. The first-order valence-corrected chi connectivity index (χ1v) is 13.0. The van der Waals surface area contributed by atoms with Gasteiger partial charge in [-0.25, -0.2) is 9.97 Å². The van der Waals surface area contributed by atoms with Gasteiger partial charge in [-0.15, -0.1) is 0 Å². The molecular weight excluding hydrogens is 478 g/mol. The maximum Gasteiger partial charge on any atom is 0.227 e. The Hall–Kier alpha value is -5.35. The van der Waals surface area contributed by atoms with E-state index in [2.05, 4.69) is 66.7 Å². The van der Waals surface area contributed by atoms with Crippen LogP contribution in [0.15, 0.2) is 132 Å². The van der Waals surface area contributed by atoms with Crippen molar-refractivity contribution >= 4 is 43.5 Å². The number of hydrogen-bond donors (Lipinski definition) is 0. The van der Waals surface area contributed by atoms with Gasteiger partial charge in [0.2, 0.25) is 5.89 Å². The van der Waals surface area contributed by atoms with E-state index >= 15 is 0 Å². The Morgan fingerprint density at radius 3 is 2.21 bits per heavy atom. The van der Waals surface area contributed by atoms with E-state index in [0.717, 1.165) is 60.9 Å². The fourth-order valence-electron chi connectivity index (χ4n) is 5.49. The standard InChI is InChI=1S/C35H21N3O/c1-2-10-23(11-3-1)35-38-34-31(39-35)20-18-28-32(34)27-14-6-7-16-30(27)37-33(28)24-17-19-29(36-21-24)26-15-8-12-22-9-4-5-13-25(22)26/h1-21H. The van der Waals surface area contributed by atoms with E-state index in [9.17, 15) is 0 Å². The molecule has 0 atom stereocenters. The van der Waals surface area contributed by atoms with E-state index in [1.54, 1.807) is 0 Å². The molecule has 0 aliphatic carbocycles. The second-order valence-electron chi connectivity index (χ2n) is 9.66. The SMILES string of the molecule is c1ccc(-c2nc3c(ccc4c(-c5ccc(-c6cccc7ccccc67)nc5)nc5ccccc5c43)o2)cc1. The minimum absolute atomic E-state index is 0.613. The van der Waals surface area contributed by atoms with Crippen molar-refractivity contribution in [2.24, 2.45) is 0 Å². The summed E-state index contributed by atoms with van der Waals surface area (Å²) in [6.45, 7) is 0. The normalized spacial score (nSPS) is 11.6. The molecule has 8 rings (SSSR count). The van der Waals surface area contributed by atoms with E-state index < -0.39 is 0 Å². The van der Waals surface area contributed by atoms with Gasteiger partial charge in [0.15, 0.2) is 5.58 Å². The molecule has 0 fully saturated rings. The first kappa shape index (κ1) is 21.7. The van der Waals surface area contributed by atoms with Gasteiger partial charge in [0.1, 0.15) is 5.52 Å². The molecule has 0 spiro atoms. The molecule has 4 nitrogen and oxygen atoms in total. The molecule has 0 saturated heterocycles. The van der Waals surface area contributed by atoms with Crippen LogP contribution >= 0.6 is 0 Å². The van der Waals surface area contributed by atoms with E-state index in [-0.39, 0.29) is 0 Å². The molecule has 0 aliphatic heterocycles. The molecule has 0 saturated carbocycles. The van der Waals surface area contributed by atoms with Gasteiger partial charge < -0.3 is 4.42 Å². The number of fused-ring (bicyclic) bond motifs is 6. The average molecular weight is 500 g/mol. The number of benzene rings is 5. The fourth-order valence-corrected chi connectivity index (χ4v) is 5.49. The monoisotopic (exact) mass is 499 g/mol. The smallest absolute Gasteiger partial charge is 0.227 e. The molecule has 5 aromatic carbocycles. The molecular formula is C35H21N3O. The third-order valence-corrected chi connectivity index (χ3v) is 7.34. The zero-order chi connectivity index (χ0) is 25.8. The van der Waals surface area contributed by atoms with Crippen LogP contribution in [0.2, 0.25) is 0 Å². The van der Waals surface area contributed by atoms with Crippen molar-refractivity contribution < 1.29 is 4.42 Å². The summed E-state index contributed by atoms with van der Waals surface area (Å²) in [4.78, 5) is 15.0. The molecule has 4 heteroatoms. The number of hydrogen-bond acceptors (Lipinski definition) is 4. The fraction of sp³-hybridized carbons (Fsp3) is 0. The Balaban J connectivity index is 1.34. The van der Waals surface area contributed by atoms with Crippen LogP contribution in [0, 0.1) is 0 Å². The number of oxazole rings is 1. The summed E-state index contributed by atoms with van der Waals surface area (Å²) < 4.78 is 6.21. The molecule has 8 aromatic rings. The Morgan fingerprint density at radius 2 is 1.33 bits per heavy atom. The molecule has 0 bridgehead atoms. The molecule has 0 unspecified atom stereocenters. The number of nitrogens with zero attached hydrogens (tertiary/aromatic N) is 3. The topological polar surface area (TPSA) is 51.8 Å². The maximum atomic E-state index is 6.21. The largest absolute Gasteiger partial charge is 0.436 e. The van der Waals surface area contributed by atoms with Crippen LogP contribution in [0.1, 0.15) is 0 Å². The molecule has 3 heterocycles. The van der Waals surface area contributed by atoms with Crippen molar-refractivity contribution in [2.45, 2.75) is 0 Å². The van der Waals surface area contributed by atoms with Gasteiger partial charge in [-0.2, -0.15) is 0 Å². The van der Waals surface area contributed by atoms with Gasteiger partial charge in [0.05, 0.1) is 16.9 Å².